The quantitative estimate of drug-likeness (QED) is 0.249. The number of thioether (sulfide) groups is 1. The first-order chi connectivity index (χ1) is 16.9. The van der Waals surface area contributed by atoms with Crippen molar-refractivity contribution in [3.8, 4) is 0 Å². The third-order valence-corrected chi connectivity index (χ3v) is 6.94. The van der Waals surface area contributed by atoms with E-state index < -0.39 is 0 Å². The van der Waals surface area contributed by atoms with Gasteiger partial charge in [-0.1, -0.05) is 18.3 Å². The first-order valence-corrected chi connectivity index (χ1v) is 13.2. The van der Waals surface area contributed by atoms with E-state index in [0.29, 0.717) is 18.9 Å². The minimum Gasteiger partial charge on any atom is -0.384 e. The second-order valence-electron chi connectivity index (χ2n) is 8.86. The van der Waals surface area contributed by atoms with Crippen molar-refractivity contribution in [2.24, 2.45) is 15.7 Å². The molecule has 0 aliphatic carbocycles. The van der Waals surface area contributed by atoms with Gasteiger partial charge < -0.3 is 21.3 Å². The van der Waals surface area contributed by atoms with Crippen LogP contribution in [0.1, 0.15) is 39.5 Å². The van der Waals surface area contributed by atoms with Gasteiger partial charge in [0.05, 0.1) is 17.5 Å². The predicted octanol–water partition coefficient (Wildman–Crippen LogP) is 3.75. The zero-order valence-corrected chi connectivity index (χ0v) is 21.6. The molecule has 1 atom stereocenters. The van der Waals surface area contributed by atoms with Crippen LogP contribution >= 0.6 is 11.8 Å². The number of amides is 1. The van der Waals surface area contributed by atoms with Crippen molar-refractivity contribution in [3.63, 3.8) is 0 Å². The molecule has 0 aromatic carbocycles. The van der Waals surface area contributed by atoms with E-state index in [9.17, 15) is 4.79 Å². The van der Waals surface area contributed by atoms with Gasteiger partial charge in [0.15, 0.2) is 0 Å². The molecule has 3 aliphatic heterocycles. The number of allylic oxidation sites excluding steroid dienone is 2. The highest BCUT2D eigenvalue weighted by molar-refractivity contribution is 8.00. The minimum atomic E-state index is -0.0199. The SMILES string of the molecule is C=CC(=O)N1CCC(N=C(N)/C=C(C)\C=C\N=C2CSc3ncccc3N2)CC1.CC1CCCN1. The number of carbonyl (C=O) groups excluding carboxylic acids is 1. The number of fused-ring (bicyclic) bond motifs is 1. The summed E-state index contributed by atoms with van der Waals surface area (Å²) in [6.45, 7) is 10.3. The molecule has 2 saturated heterocycles. The van der Waals surface area contributed by atoms with Gasteiger partial charge in [-0.05, 0) is 82.0 Å². The van der Waals surface area contributed by atoms with E-state index in [1.807, 2.05) is 31.2 Å². The van der Waals surface area contributed by atoms with Crippen LogP contribution in [-0.4, -0.2) is 64.9 Å². The summed E-state index contributed by atoms with van der Waals surface area (Å²) < 4.78 is 0. The zero-order chi connectivity index (χ0) is 25.0. The van der Waals surface area contributed by atoms with E-state index in [4.69, 9.17) is 5.73 Å². The Morgan fingerprint density at radius 3 is 2.80 bits per heavy atom. The van der Waals surface area contributed by atoms with Crippen LogP contribution in [0.25, 0.3) is 0 Å². The van der Waals surface area contributed by atoms with E-state index in [0.717, 1.165) is 46.8 Å². The smallest absolute Gasteiger partial charge is 0.245 e. The molecule has 3 aliphatic rings. The monoisotopic (exact) mass is 495 g/mol. The number of anilines is 1. The molecule has 4 heterocycles. The number of piperidine rings is 1. The Balaban J connectivity index is 0.000000497. The van der Waals surface area contributed by atoms with Crippen LogP contribution < -0.4 is 16.4 Å². The molecule has 1 amide bonds. The number of hydrogen-bond donors (Lipinski definition) is 3. The molecule has 0 radical (unpaired) electrons. The highest BCUT2D eigenvalue weighted by Crippen LogP contribution is 2.28. The number of amidine groups is 2. The second kappa shape index (κ2) is 13.8. The molecule has 0 saturated carbocycles. The van der Waals surface area contributed by atoms with Crippen LogP contribution in [0.3, 0.4) is 0 Å². The summed E-state index contributed by atoms with van der Waals surface area (Å²) in [4.78, 5) is 26.8. The summed E-state index contributed by atoms with van der Waals surface area (Å²) in [6.07, 6.45) is 13.1. The molecule has 1 unspecified atom stereocenters. The zero-order valence-electron chi connectivity index (χ0n) is 20.7. The van der Waals surface area contributed by atoms with Gasteiger partial charge in [-0.3, -0.25) is 9.79 Å². The highest BCUT2D eigenvalue weighted by atomic mass is 32.2. The van der Waals surface area contributed by atoms with E-state index in [-0.39, 0.29) is 11.9 Å². The maximum Gasteiger partial charge on any atom is 0.245 e. The van der Waals surface area contributed by atoms with Crippen molar-refractivity contribution in [3.05, 3.63) is 54.9 Å². The molecule has 2 fully saturated rings. The van der Waals surface area contributed by atoms with Crippen LogP contribution in [-0.2, 0) is 4.79 Å². The van der Waals surface area contributed by atoms with E-state index in [2.05, 4.69) is 39.1 Å². The van der Waals surface area contributed by atoms with Crippen molar-refractivity contribution in [1.82, 2.24) is 15.2 Å². The summed E-state index contributed by atoms with van der Waals surface area (Å²) in [7, 11) is 0. The molecule has 35 heavy (non-hydrogen) atoms. The number of nitrogens with two attached hydrogens (primary N) is 1. The lowest BCUT2D eigenvalue weighted by Crippen LogP contribution is -2.39. The van der Waals surface area contributed by atoms with Gasteiger partial charge in [0, 0.05) is 31.5 Å². The van der Waals surface area contributed by atoms with Gasteiger partial charge in [-0.15, -0.1) is 0 Å². The predicted molar refractivity (Wildman–Crippen MR) is 147 cm³/mol. The van der Waals surface area contributed by atoms with Gasteiger partial charge in [-0.25, -0.2) is 9.98 Å². The average molecular weight is 496 g/mol. The first kappa shape index (κ1) is 26.7. The van der Waals surface area contributed by atoms with Crippen LogP contribution in [0.5, 0.6) is 0 Å². The van der Waals surface area contributed by atoms with Gasteiger partial charge >= 0.3 is 0 Å². The number of likely N-dealkylation sites (tertiary alicyclic amines) is 1. The van der Waals surface area contributed by atoms with E-state index in [1.165, 1.54) is 25.5 Å². The lowest BCUT2D eigenvalue weighted by Gasteiger charge is -2.29. The molecule has 4 rings (SSSR count). The molecule has 1 aromatic rings. The van der Waals surface area contributed by atoms with Gasteiger partial charge in [0.1, 0.15) is 16.7 Å². The number of aliphatic imine (C=N–C) groups is 2. The van der Waals surface area contributed by atoms with Gasteiger partial charge in [-0.2, -0.15) is 0 Å². The average Bonchev–Trinajstić information content (AvgIpc) is 3.35. The second-order valence-corrected chi connectivity index (χ2v) is 9.83. The maximum absolute atomic E-state index is 11.6. The summed E-state index contributed by atoms with van der Waals surface area (Å²) in [6, 6.07) is 4.84. The number of nitrogens with zero attached hydrogens (tertiary/aromatic N) is 4. The largest absolute Gasteiger partial charge is 0.384 e. The molecular formula is C26H37N7OS. The van der Waals surface area contributed by atoms with E-state index >= 15 is 0 Å². The summed E-state index contributed by atoms with van der Waals surface area (Å²) >= 11 is 1.67. The molecule has 188 valence electrons. The highest BCUT2D eigenvalue weighted by Gasteiger charge is 2.20. The lowest BCUT2D eigenvalue weighted by atomic mass is 10.1. The van der Waals surface area contributed by atoms with Crippen molar-refractivity contribution < 1.29 is 4.79 Å². The van der Waals surface area contributed by atoms with Crippen LogP contribution in [0.4, 0.5) is 5.69 Å². The molecule has 0 bridgehead atoms. The number of carbonyl (C=O) groups is 1. The van der Waals surface area contributed by atoms with Crippen molar-refractivity contribution in [1.29, 1.82) is 0 Å². The number of pyridine rings is 1. The Morgan fingerprint density at radius 2 is 2.14 bits per heavy atom. The number of nitrogens with one attached hydrogen (secondary N) is 2. The summed E-state index contributed by atoms with van der Waals surface area (Å²) in [5.41, 5.74) is 8.04. The number of rotatable bonds is 5. The van der Waals surface area contributed by atoms with Crippen LogP contribution in [0, 0.1) is 0 Å². The van der Waals surface area contributed by atoms with Gasteiger partial charge in [0.2, 0.25) is 5.91 Å². The number of hydrogen-bond acceptors (Lipinski definition) is 6. The Kier molecular flexibility index (Phi) is 10.6. The fraction of sp³-hybridized carbons (Fsp3) is 0.462. The molecule has 4 N–H and O–H groups in total. The third-order valence-electron chi connectivity index (χ3n) is 5.93. The normalized spacial score (nSPS) is 22.4. The third kappa shape index (κ3) is 8.99. The van der Waals surface area contributed by atoms with Crippen LogP contribution in [0.15, 0.2) is 69.9 Å². The first-order valence-electron chi connectivity index (χ1n) is 12.2. The molecule has 8 nitrogen and oxygen atoms in total. The summed E-state index contributed by atoms with van der Waals surface area (Å²) in [5.74, 6) is 2.13. The topological polar surface area (TPSA) is 108 Å². The molecule has 1 aromatic heterocycles. The minimum absolute atomic E-state index is 0.0199. The Hall–Kier alpha value is -2.91. The number of aromatic nitrogens is 1. The summed E-state index contributed by atoms with van der Waals surface area (Å²) in [5, 5.41) is 7.61. The van der Waals surface area contributed by atoms with Crippen LogP contribution in [0.2, 0.25) is 0 Å². The standard InChI is InChI=1S/C21H26N6OS.C5H11N/c1-3-20(28)27-11-7-16(8-12-27)25-18(22)13-15(2)6-10-23-19-14-29-21-17(26-19)5-4-9-24-21;1-5-3-2-4-6-5/h3-6,9-10,13,16H,1,7-8,11-12,14H2,2H3,(H2,22,25)(H,23,26);5-6H,2-4H2,1H3/b10-6+,15-13-;. The molecular weight excluding hydrogens is 458 g/mol. The lowest BCUT2D eigenvalue weighted by molar-refractivity contribution is -0.126. The fourth-order valence-electron chi connectivity index (χ4n) is 3.98. The van der Waals surface area contributed by atoms with Crippen molar-refractivity contribution >= 4 is 35.0 Å². The van der Waals surface area contributed by atoms with E-state index in [1.54, 1.807) is 29.1 Å². The Labute approximate surface area is 213 Å². The maximum atomic E-state index is 11.6. The van der Waals surface area contributed by atoms with Gasteiger partial charge in [0.25, 0.3) is 0 Å². The Morgan fingerprint density at radius 1 is 1.34 bits per heavy atom. The van der Waals surface area contributed by atoms with Crippen molar-refractivity contribution in [2.45, 2.75) is 56.6 Å². The van der Waals surface area contributed by atoms with Crippen molar-refractivity contribution in [2.75, 3.05) is 30.7 Å². The Bertz CT molecular complexity index is 987. The molecule has 0 spiro atoms. The molecule has 9 heteroatoms. The fourth-order valence-corrected chi connectivity index (χ4v) is 4.81.